The number of rotatable bonds is 1. The molecule has 2 aromatic heterocycles. The molecule has 0 fully saturated rings. The molecular weight excluding hydrogens is 301 g/mol. The highest BCUT2D eigenvalue weighted by Crippen LogP contribution is 2.30. The van der Waals surface area contributed by atoms with Crippen molar-refractivity contribution in [2.24, 2.45) is 0 Å². The summed E-state index contributed by atoms with van der Waals surface area (Å²) in [7, 11) is 0. The minimum Gasteiger partial charge on any atom is -0.421 e. The van der Waals surface area contributed by atoms with E-state index in [0.717, 1.165) is 9.86 Å². The molecule has 2 heterocycles. The number of hydrogen-bond donors (Lipinski definition) is 0. The van der Waals surface area contributed by atoms with Crippen molar-refractivity contribution in [2.45, 2.75) is 6.92 Å². The number of halogens is 2. The topological polar surface area (TPSA) is 51.8 Å². The van der Waals surface area contributed by atoms with Crippen LogP contribution in [0.1, 0.15) is 5.89 Å². The van der Waals surface area contributed by atoms with E-state index >= 15 is 0 Å². The number of pyridine rings is 1. The highest BCUT2D eigenvalue weighted by atomic mass is 79.9. The van der Waals surface area contributed by atoms with Crippen molar-refractivity contribution in [3.63, 3.8) is 0 Å². The fourth-order valence-electron chi connectivity index (χ4n) is 1.73. The quantitative estimate of drug-likeness (QED) is 0.690. The van der Waals surface area contributed by atoms with E-state index < -0.39 is 0 Å². The van der Waals surface area contributed by atoms with E-state index in [1.54, 1.807) is 19.2 Å². The van der Waals surface area contributed by atoms with Gasteiger partial charge in [-0.2, -0.15) is 0 Å². The van der Waals surface area contributed by atoms with Crippen molar-refractivity contribution in [1.29, 1.82) is 0 Å². The standard InChI is InChI=1S/C12H7BrFN3O/c1-6-16-17-12(18-6)7-2-8-9(11(14)3-7)4-15-5-10(8)13/h2-5H,1H3. The number of hydrogen-bond acceptors (Lipinski definition) is 4. The number of aromatic nitrogens is 3. The van der Waals surface area contributed by atoms with E-state index in [4.69, 9.17) is 4.42 Å². The van der Waals surface area contributed by atoms with Crippen molar-refractivity contribution < 1.29 is 8.81 Å². The van der Waals surface area contributed by atoms with Gasteiger partial charge in [-0.1, -0.05) is 0 Å². The van der Waals surface area contributed by atoms with Crippen LogP contribution in [0, 0.1) is 12.7 Å². The fraction of sp³-hybridized carbons (Fsp3) is 0.0833. The molecule has 3 aromatic rings. The number of aryl methyl sites for hydroxylation is 1. The van der Waals surface area contributed by atoms with Gasteiger partial charge in [0, 0.05) is 40.1 Å². The average Bonchev–Trinajstić information content (AvgIpc) is 2.77. The van der Waals surface area contributed by atoms with Crippen LogP contribution < -0.4 is 0 Å². The van der Waals surface area contributed by atoms with Gasteiger partial charge in [0.15, 0.2) is 0 Å². The van der Waals surface area contributed by atoms with E-state index in [9.17, 15) is 4.39 Å². The van der Waals surface area contributed by atoms with Gasteiger partial charge in [0.25, 0.3) is 0 Å². The molecule has 0 bridgehead atoms. The van der Waals surface area contributed by atoms with E-state index in [2.05, 4.69) is 31.1 Å². The van der Waals surface area contributed by atoms with Crippen molar-refractivity contribution >= 4 is 26.7 Å². The second-order valence-corrected chi connectivity index (χ2v) is 4.66. The van der Waals surface area contributed by atoms with Crippen LogP contribution in [0.3, 0.4) is 0 Å². The van der Waals surface area contributed by atoms with Crippen LogP contribution in [0.2, 0.25) is 0 Å². The molecule has 0 N–H and O–H groups in total. The first-order valence-electron chi connectivity index (χ1n) is 5.18. The summed E-state index contributed by atoms with van der Waals surface area (Å²) in [5.74, 6) is 0.378. The Morgan fingerprint density at radius 3 is 2.72 bits per heavy atom. The number of nitrogens with zero attached hydrogens (tertiary/aromatic N) is 3. The Balaban J connectivity index is 2.29. The SMILES string of the molecule is Cc1nnc(-c2cc(F)c3cncc(Br)c3c2)o1. The molecule has 0 atom stereocenters. The zero-order valence-electron chi connectivity index (χ0n) is 9.32. The van der Waals surface area contributed by atoms with Crippen LogP contribution in [0.15, 0.2) is 33.4 Å². The fourth-order valence-corrected chi connectivity index (χ4v) is 2.18. The summed E-state index contributed by atoms with van der Waals surface area (Å²) in [4.78, 5) is 3.94. The lowest BCUT2D eigenvalue weighted by molar-refractivity contribution is 0.532. The second kappa shape index (κ2) is 4.13. The molecule has 0 amide bonds. The predicted octanol–water partition coefficient (Wildman–Crippen LogP) is 3.49. The zero-order chi connectivity index (χ0) is 12.7. The first kappa shape index (κ1) is 11.3. The number of fused-ring (bicyclic) bond motifs is 1. The molecule has 3 rings (SSSR count). The molecular formula is C12H7BrFN3O. The van der Waals surface area contributed by atoms with Crippen LogP contribution in [0.4, 0.5) is 4.39 Å². The molecule has 0 aliphatic heterocycles. The number of benzene rings is 1. The Kier molecular flexibility index (Phi) is 2.59. The molecule has 0 aliphatic carbocycles. The van der Waals surface area contributed by atoms with Crippen LogP contribution in [-0.4, -0.2) is 15.2 Å². The van der Waals surface area contributed by atoms with E-state index in [1.165, 1.54) is 12.3 Å². The smallest absolute Gasteiger partial charge is 0.247 e. The van der Waals surface area contributed by atoms with E-state index in [-0.39, 0.29) is 5.82 Å². The summed E-state index contributed by atoms with van der Waals surface area (Å²) in [5.41, 5.74) is 0.549. The summed E-state index contributed by atoms with van der Waals surface area (Å²) < 4.78 is 20.0. The molecule has 0 spiro atoms. The summed E-state index contributed by atoms with van der Waals surface area (Å²) in [6.07, 6.45) is 3.10. The van der Waals surface area contributed by atoms with Crippen molar-refractivity contribution in [1.82, 2.24) is 15.2 Å². The monoisotopic (exact) mass is 307 g/mol. The lowest BCUT2D eigenvalue weighted by Gasteiger charge is -2.03. The lowest BCUT2D eigenvalue weighted by atomic mass is 10.1. The van der Waals surface area contributed by atoms with Gasteiger partial charge in [0.2, 0.25) is 11.8 Å². The van der Waals surface area contributed by atoms with Gasteiger partial charge in [-0.05, 0) is 28.1 Å². The molecule has 0 unspecified atom stereocenters. The van der Waals surface area contributed by atoms with Crippen molar-refractivity contribution in [2.75, 3.05) is 0 Å². The molecule has 0 saturated carbocycles. The second-order valence-electron chi connectivity index (χ2n) is 3.80. The Morgan fingerprint density at radius 2 is 2.00 bits per heavy atom. The van der Waals surface area contributed by atoms with E-state index in [0.29, 0.717) is 22.7 Å². The van der Waals surface area contributed by atoms with Crippen LogP contribution in [0.5, 0.6) is 0 Å². The first-order chi connectivity index (χ1) is 8.65. The van der Waals surface area contributed by atoms with Gasteiger partial charge in [-0.3, -0.25) is 4.98 Å². The maximum Gasteiger partial charge on any atom is 0.247 e. The van der Waals surface area contributed by atoms with Crippen LogP contribution in [-0.2, 0) is 0 Å². The molecule has 18 heavy (non-hydrogen) atoms. The Morgan fingerprint density at radius 1 is 1.17 bits per heavy atom. The highest BCUT2D eigenvalue weighted by molar-refractivity contribution is 9.10. The normalized spacial score (nSPS) is 11.1. The Labute approximate surface area is 110 Å². The molecule has 0 radical (unpaired) electrons. The van der Waals surface area contributed by atoms with Gasteiger partial charge in [-0.15, -0.1) is 10.2 Å². The molecule has 0 saturated heterocycles. The molecule has 6 heteroatoms. The average molecular weight is 308 g/mol. The van der Waals surface area contributed by atoms with Crippen molar-refractivity contribution in [3.8, 4) is 11.5 Å². The largest absolute Gasteiger partial charge is 0.421 e. The summed E-state index contributed by atoms with van der Waals surface area (Å²) in [5, 5.41) is 8.78. The third-order valence-corrected chi connectivity index (χ3v) is 3.18. The maximum atomic E-state index is 14.0. The highest BCUT2D eigenvalue weighted by Gasteiger charge is 2.12. The Hall–Kier alpha value is -1.82. The van der Waals surface area contributed by atoms with Crippen molar-refractivity contribution in [3.05, 3.63) is 40.7 Å². The Bertz CT molecular complexity index is 741. The summed E-state index contributed by atoms with van der Waals surface area (Å²) in [6, 6.07) is 3.15. The zero-order valence-corrected chi connectivity index (χ0v) is 10.9. The lowest BCUT2D eigenvalue weighted by Crippen LogP contribution is -1.87. The maximum absolute atomic E-state index is 14.0. The third-order valence-electron chi connectivity index (χ3n) is 2.55. The van der Waals surface area contributed by atoms with Gasteiger partial charge in [-0.25, -0.2) is 4.39 Å². The summed E-state index contributed by atoms with van der Waals surface area (Å²) in [6.45, 7) is 1.69. The molecule has 90 valence electrons. The van der Waals surface area contributed by atoms with Gasteiger partial charge >= 0.3 is 0 Å². The summed E-state index contributed by atoms with van der Waals surface area (Å²) >= 11 is 3.35. The van der Waals surface area contributed by atoms with Gasteiger partial charge < -0.3 is 4.42 Å². The van der Waals surface area contributed by atoms with Crippen LogP contribution >= 0.6 is 15.9 Å². The minimum absolute atomic E-state index is 0.303. The van der Waals surface area contributed by atoms with E-state index in [1.807, 2.05) is 0 Å². The first-order valence-corrected chi connectivity index (χ1v) is 5.97. The minimum atomic E-state index is -0.368. The molecule has 4 nitrogen and oxygen atoms in total. The van der Waals surface area contributed by atoms with Gasteiger partial charge in [0.1, 0.15) is 5.82 Å². The third kappa shape index (κ3) is 1.78. The molecule has 0 aliphatic rings. The van der Waals surface area contributed by atoms with Gasteiger partial charge in [0.05, 0.1) is 0 Å². The predicted molar refractivity (Wildman–Crippen MR) is 67.4 cm³/mol. The van der Waals surface area contributed by atoms with Crippen LogP contribution in [0.25, 0.3) is 22.2 Å². The molecule has 1 aromatic carbocycles.